The topological polar surface area (TPSA) is 102 Å². The fourth-order valence-corrected chi connectivity index (χ4v) is 2.04. The highest BCUT2D eigenvalue weighted by molar-refractivity contribution is 5.89. The van der Waals surface area contributed by atoms with Crippen LogP contribution in [0.3, 0.4) is 0 Å². The molecule has 8 nitrogen and oxygen atoms in total. The monoisotopic (exact) mass is 290 g/mol. The Bertz CT molecular complexity index is 695. The van der Waals surface area contributed by atoms with E-state index >= 15 is 0 Å². The van der Waals surface area contributed by atoms with E-state index < -0.39 is 10.9 Å². The summed E-state index contributed by atoms with van der Waals surface area (Å²) in [6.07, 6.45) is 3.49. The third-order valence-corrected chi connectivity index (χ3v) is 3.01. The fourth-order valence-electron chi connectivity index (χ4n) is 2.04. The summed E-state index contributed by atoms with van der Waals surface area (Å²) in [6, 6.07) is 3.86. The minimum Gasteiger partial charge on any atom is -0.478 e. The predicted molar refractivity (Wildman–Crippen MR) is 75.4 cm³/mol. The minimum atomic E-state index is -1.19. The van der Waals surface area contributed by atoms with Crippen molar-refractivity contribution in [2.45, 2.75) is 6.54 Å². The van der Waals surface area contributed by atoms with Crippen LogP contribution in [0.25, 0.3) is 0 Å². The van der Waals surface area contributed by atoms with Crippen molar-refractivity contribution in [3.05, 3.63) is 51.8 Å². The van der Waals surface area contributed by atoms with Crippen LogP contribution in [0.1, 0.15) is 15.9 Å². The lowest BCUT2D eigenvalue weighted by Gasteiger charge is -2.18. The van der Waals surface area contributed by atoms with Crippen molar-refractivity contribution in [2.75, 3.05) is 11.9 Å². The summed E-state index contributed by atoms with van der Waals surface area (Å²) >= 11 is 0. The third kappa shape index (κ3) is 3.16. The van der Waals surface area contributed by atoms with Crippen LogP contribution >= 0.6 is 0 Å². The zero-order valence-electron chi connectivity index (χ0n) is 11.6. The summed E-state index contributed by atoms with van der Waals surface area (Å²) in [7, 11) is 3.49. The van der Waals surface area contributed by atoms with Crippen molar-refractivity contribution in [2.24, 2.45) is 7.05 Å². The van der Waals surface area contributed by atoms with E-state index in [1.165, 1.54) is 12.1 Å². The van der Waals surface area contributed by atoms with E-state index in [9.17, 15) is 14.9 Å². The number of aryl methyl sites for hydroxylation is 1. The van der Waals surface area contributed by atoms with Gasteiger partial charge >= 0.3 is 5.97 Å². The Kier molecular flexibility index (Phi) is 3.88. The van der Waals surface area contributed by atoms with Crippen LogP contribution in [-0.2, 0) is 13.6 Å². The number of hydrogen-bond donors (Lipinski definition) is 1. The second kappa shape index (κ2) is 5.61. The molecule has 1 N–H and O–H groups in total. The molecule has 0 saturated carbocycles. The first-order valence-electron chi connectivity index (χ1n) is 6.09. The van der Waals surface area contributed by atoms with Crippen molar-refractivity contribution < 1.29 is 14.8 Å². The summed E-state index contributed by atoms with van der Waals surface area (Å²) in [5, 5.41) is 24.1. The zero-order chi connectivity index (χ0) is 15.6. The van der Waals surface area contributed by atoms with Crippen molar-refractivity contribution in [1.82, 2.24) is 9.78 Å². The molecule has 0 atom stereocenters. The van der Waals surface area contributed by atoms with Crippen LogP contribution in [0, 0.1) is 10.1 Å². The quantitative estimate of drug-likeness (QED) is 0.663. The van der Waals surface area contributed by atoms with Gasteiger partial charge < -0.3 is 10.0 Å². The SMILES string of the molecule is CN(Cc1cnn(C)c1)c1ccc(C(=O)O)cc1[N+](=O)[O-]. The molecular formula is C13H14N4O4. The van der Waals surface area contributed by atoms with Crippen molar-refractivity contribution >= 4 is 17.3 Å². The first-order valence-corrected chi connectivity index (χ1v) is 6.09. The van der Waals surface area contributed by atoms with Gasteiger partial charge in [-0.2, -0.15) is 5.10 Å². The van der Waals surface area contributed by atoms with E-state index in [0.717, 1.165) is 11.6 Å². The molecule has 21 heavy (non-hydrogen) atoms. The van der Waals surface area contributed by atoms with E-state index in [2.05, 4.69) is 5.10 Å². The molecule has 0 spiro atoms. The van der Waals surface area contributed by atoms with Gasteiger partial charge in [0.25, 0.3) is 5.69 Å². The molecule has 0 unspecified atom stereocenters. The van der Waals surface area contributed by atoms with Crippen LogP contribution in [0.2, 0.25) is 0 Å². The van der Waals surface area contributed by atoms with Gasteiger partial charge in [0.15, 0.2) is 0 Å². The van der Waals surface area contributed by atoms with Gasteiger partial charge in [-0.3, -0.25) is 14.8 Å². The molecular weight excluding hydrogens is 276 g/mol. The molecule has 0 aliphatic rings. The van der Waals surface area contributed by atoms with Gasteiger partial charge in [0.2, 0.25) is 0 Å². The van der Waals surface area contributed by atoms with Gasteiger partial charge in [-0.05, 0) is 12.1 Å². The summed E-state index contributed by atoms with van der Waals surface area (Å²) in [6.45, 7) is 0.432. The Balaban J connectivity index is 2.33. The maximum atomic E-state index is 11.1. The van der Waals surface area contributed by atoms with E-state index in [-0.39, 0.29) is 11.3 Å². The average Bonchev–Trinajstić information content (AvgIpc) is 2.83. The number of carbonyl (C=O) groups is 1. The Morgan fingerprint density at radius 2 is 2.24 bits per heavy atom. The average molecular weight is 290 g/mol. The van der Waals surface area contributed by atoms with Gasteiger partial charge in [0, 0.05) is 38.5 Å². The van der Waals surface area contributed by atoms with Gasteiger partial charge in [0.05, 0.1) is 16.7 Å². The van der Waals surface area contributed by atoms with Crippen LogP contribution in [-0.4, -0.2) is 32.8 Å². The van der Waals surface area contributed by atoms with E-state index in [4.69, 9.17) is 5.11 Å². The lowest BCUT2D eigenvalue weighted by atomic mass is 10.1. The number of carboxylic acids is 1. The number of nitro benzene ring substituents is 1. The molecule has 0 radical (unpaired) electrons. The molecule has 2 rings (SSSR count). The molecule has 1 aromatic heterocycles. The first kappa shape index (κ1) is 14.5. The third-order valence-electron chi connectivity index (χ3n) is 3.01. The number of benzene rings is 1. The lowest BCUT2D eigenvalue weighted by Crippen LogP contribution is -2.17. The molecule has 1 heterocycles. The van der Waals surface area contributed by atoms with Crippen LogP contribution in [0.4, 0.5) is 11.4 Å². The number of nitro groups is 1. The van der Waals surface area contributed by atoms with Gasteiger partial charge in [0.1, 0.15) is 5.69 Å². The number of nitrogens with zero attached hydrogens (tertiary/aromatic N) is 4. The molecule has 0 fully saturated rings. The second-order valence-corrected chi connectivity index (χ2v) is 4.64. The number of anilines is 1. The van der Waals surface area contributed by atoms with Crippen LogP contribution in [0.5, 0.6) is 0 Å². The van der Waals surface area contributed by atoms with E-state index in [0.29, 0.717) is 12.2 Å². The molecule has 0 amide bonds. The Hall–Kier alpha value is -2.90. The Morgan fingerprint density at radius 3 is 2.76 bits per heavy atom. The number of hydrogen-bond acceptors (Lipinski definition) is 5. The molecule has 1 aromatic carbocycles. The molecule has 110 valence electrons. The standard InChI is InChI=1S/C13H14N4O4/c1-15(7-9-6-14-16(2)8-9)11-4-3-10(13(18)19)5-12(11)17(20)21/h3-6,8H,7H2,1-2H3,(H,18,19). The van der Waals surface area contributed by atoms with Crippen molar-refractivity contribution in [1.29, 1.82) is 0 Å². The number of carboxylic acid groups (broad SMARTS) is 1. The molecule has 0 aliphatic carbocycles. The molecule has 0 saturated heterocycles. The normalized spacial score (nSPS) is 10.4. The highest BCUT2D eigenvalue weighted by Crippen LogP contribution is 2.29. The predicted octanol–water partition coefficient (Wildman–Crippen LogP) is 1.66. The van der Waals surface area contributed by atoms with Crippen molar-refractivity contribution in [3.63, 3.8) is 0 Å². The number of aromatic carboxylic acids is 1. The summed E-state index contributed by atoms with van der Waals surface area (Å²) in [4.78, 5) is 23.1. The second-order valence-electron chi connectivity index (χ2n) is 4.64. The first-order chi connectivity index (χ1) is 9.88. The van der Waals surface area contributed by atoms with E-state index in [1.807, 2.05) is 6.20 Å². The summed E-state index contributed by atoms with van der Waals surface area (Å²) in [5.41, 5.74) is 0.909. The maximum absolute atomic E-state index is 11.1. The minimum absolute atomic E-state index is 0.111. The molecule has 0 bridgehead atoms. The fraction of sp³-hybridized carbons (Fsp3) is 0.231. The largest absolute Gasteiger partial charge is 0.478 e. The van der Waals surface area contributed by atoms with Gasteiger partial charge in [-0.25, -0.2) is 4.79 Å². The van der Waals surface area contributed by atoms with Gasteiger partial charge in [-0.15, -0.1) is 0 Å². The van der Waals surface area contributed by atoms with Crippen LogP contribution < -0.4 is 4.90 Å². The Morgan fingerprint density at radius 1 is 1.52 bits per heavy atom. The van der Waals surface area contributed by atoms with Crippen molar-refractivity contribution in [3.8, 4) is 0 Å². The lowest BCUT2D eigenvalue weighted by molar-refractivity contribution is -0.384. The highest BCUT2D eigenvalue weighted by atomic mass is 16.6. The molecule has 8 heteroatoms. The van der Waals surface area contributed by atoms with Crippen LogP contribution in [0.15, 0.2) is 30.6 Å². The zero-order valence-corrected chi connectivity index (χ0v) is 11.6. The van der Waals surface area contributed by atoms with Gasteiger partial charge in [-0.1, -0.05) is 0 Å². The Labute approximate surface area is 120 Å². The summed E-state index contributed by atoms with van der Waals surface area (Å²) < 4.78 is 1.64. The smallest absolute Gasteiger partial charge is 0.335 e. The number of rotatable bonds is 5. The highest BCUT2D eigenvalue weighted by Gasteiger charge is 2.20. The maximum Gasteiger partial charge on any atom is 0.335 e. The number of aromatic nitrogens is 2. The molecule has 2 aromatic rings. The van der Waals surface area contributed by atoms with E-state index in [1.54, 1.807) is 29.9 Å². The molecule has 0 aliphatic heterocycles. The summed E-state index contributed by atoms with van der Waals surface area (Å²) in [5.74, 6) is -1.19.